The zero-order chi connectivity index (χ0) is 14.8. The van der Waals surface area contributed by atoms with E-state index in [0.717, 1.165) is 22.7 Å². The molecule has 0 spiro atoms. The first kappa shape index (κ1) is 14.4. The van der Waals surface area contributed by atoms with Crippen molar-refractivity contribution in [2.24, 2.45) is 0 Å². The Kier molecular flexibility index (Phi) is 3.97. The number of ether oxygens (including phenoxy) is 1. The summed E-state index contributed by atoms with van der Waals surface area (Å²) in [6.45, 7) is 9.02. The van der Waals surface area contributed by atoms with Crippen LogP contribution in [0.5, 0.6) is 5.75 Å². The van der Waals surface area contributed by atoms with Crippen LogP contribution in [0.2, 0.25) is 0 Å². The minimum absolute atomic E-state index is 0.0404. The molecule has 0 unspecified atom stereocenters. The van der Waals surface area contributed by atoms with E-state index in [9.17, 15) is 0 Å². The van der Waals surface area contributed by atoms with Gasteiger partial charge in [0.1, 0.15) is 11.4 Å². The van der Waals surface area contributed by atoms with Crippen LogP contribution < -0.4 is 10.1 Å². The molecule has 0 aliphatic heterocycles. The lowest BCUT2D eigenvalue weighted by molar-refractivity contribution is 0.347. The fraction of sp³-hybridized carbons (Fsp3) is 0.467. The van der Waals surface area contributed by atoms with Crippen molar-refractivity contribution in [3.05, 3.63) is 35.7 Å². The third-order valence-corrected chi connectivity index (χ3v) is 3.12. The Hall–Kier alpha value is -2.04. The molecule has 0 fully saturated rings. The van der Waals surface area contributed by atoms with Crippen LogP contribution in [0.1, 0.15) is 32.0 Å². The first-order valence-corrected chi connectivity index (χ1v) is 6.70. The van der Waals surface area contributed by atoms with Crippen LogP contribution in [-0.2, 0) is 12.1 Å². The summed E-state index contributed by atoms with van der Waals surface area (Å²) in [6.07, 6.45) is 1.98. The molecule has 2 aromatic rings. The van der Waals surface area contributed by atoms with E-state index in [2.05, 4.69) is 43.3 Å². The third kappa shape index (κ3) is 3.29. The highest BCUT2D eigenvalue weighted by Gasteiger charge is 2.14. The number of benzene rings is 1. The van der Waals surface area contributed by atoms with Gasteiger partial charge < -0.3 is 10.1 Å². The molecular formula is C15H22N4O. The normalized spacial score (nSPS) is 11.4. The van der Waals surface area contributed by atoms with Crippen molar-refractivity contribution in [1.82, 2.24) is 15.0 Å². The van der Waals surface area contributed by atoms with Gasteiger partial charge in [0.2, 0.25) is 0 Å². The molecule has 0 bridgehead atoms. The number of nitrogens with zero attached hydrogens (tertiary/aromatic N) is 3. The van der Waals surface area contributed by atoms with E-state index in [-0.39, 0.29) is 5.54 Å². The van der Waals surface area contributed by atoms with Crippen LogP contribution in [-0.4, -0.2) is 22.1 Å². The molecule has 108 valence electrons. The molecule has 0 aliphatic carbocycles. The number of hydrogen-bond donors (Lipinski definition) is 1. The van der Waals surface area contributed by atoms with Crippen molar-refractivity contribution in [2.75, 3.05) is 12.4 Å². The van der Waals surface area contributed by atoms with Gasteiger partial charge in [-0.1, -0.05) is 5.21 Å². The van der Waals surface area contributed by atoms with Gasteiger partial charge in [0, 0.05) is 5.69 Å². The Morgan fingerprint density at radius 1 is 1.30 bits per heavy atom. The lowest BCUT2D eigenvalue weighted by Crippen LogP contribution is -2.22. The quantitative estimate of drug-likeness (QED) is 0.931. The van der Waals surface area contributed by atoms with Gasteiger partial charge in [-0.05, 0) is 51.5 Å². The summed E-state index contributed by atoms with van der Waals surface area (Å²) in [4.78, 5) is 0. The maximum Gasteiger partial charge on any atom is 0.119 e. The molecule has 0 saturated heterocycles. The van der Waals surface area contributed by atoms with E-state index in [1.165, 1.54) is 0 Å². The van der Waals surface area contributed by atoms with E-state index in [4.69, 9.17) is 4.74 Å². The Bertz CT molecular complexity index is 584. The molecule has 0 atom stereocenters. The second kappa shape index (κ2) is 5.53. The first-order valence-electron chi connectivity index (χ1n) is 6.70. The standard InChI is InChI=1S/C15H22N4O/c1-11-8-13(20-5)6-7-14(11)16-9-12-10-19(18-17-12)15(2,3)4/h6-8,10,16H,9H2,1-5H3. The number of aromatic nitrogens is 3. The molecular weight excluding hydrogens is 252 g/mol. The molecule has 1 heterocycles. The lowest BCUT2D eigenvalue weighted by Gasteiger charge is -2.17. The first-order chi connectivity index (χ1) is 9.40. The van der Waals surface area contributed by atoms with Gasteiger partial charge in [-0.2, -0.15) is 0 Å². The van der Waals surface area contributed by atoms with E-state index in [0.29, 0.717) is 6.54 Å². The summed E-state index contributed by atoms with van der Waals surface area (Å²) >= 11 is 0. The summed E-state index contributed by atoms with van der Waals surface area (Å²) < 4.78 is 7.08. The number of methoxy groups -OCH3 is 1. The SMILES string of the molecule is COc1ccc(NCc2cn(C(C)(C)C)nn2)c(C)c1. The minimum atomic E-state index is -0.0404. The monoisotopic (exact) mass is 274 g/mol. The van der Waals surface area contributed by atoms with Crippen molar-refractivity contribution in [1.29, 1.82) is 0 Å². The van der Waals surface area contributed by atoms with Crippen molar-refractivity contribution in [3.8, 4) is 5.75 Å². The average Bonchev–Trinajstić information content (AvgIpc) is 2.86. The molecule has 1 N–H and O–H groups in total. The molecule has 0 radical (unpaired) electrons. The fourth-order valence-electron chi connectivity index (χ4n) is 1.85. The van der Waals surface area contributed by atoms with Crippen LogP contribution >= 0.6 is 0 Å². The van der Waals surface area contributed by atoms with E-state index >= 15 is 0 Å². The highest BCUT2D eigenvalue weighted by molar-refractivity contribution is 5.53. The minimum Gasteiger partial charge on any atom is -0.497 e. The Morgan fingerprint density at radius 2 is 2.05 bits per heavy atom. The predicted molar refractivity (Wildman–Crippen MR) is 80.1 cm³/mol. The van der Waals surface area contributed by atoms with Crippen LogP contribution in [0.3, 0.4) is 0 Å². The van der Waals surface area contributed by atoms with Gasteiger partial charge >= 0.3 is 0 Å². The van der Waals surface area contributed by atoms with Crippen molar-refractivity contribution in [2.45, 2.75) is 39.8 Å². The molecule has 0 saturated carbocycles. The van der Waals surface area contributed by atoms with Crippen LogP contribution in [0.25, 0.3) is 0 Å². The molecule has 5 heteroatoms. The summed E-state index contributed by atoms with van der Waals surface area (Å²) in [5.41, 5.74) is 3.11. The van der Waals surface area contributed by atoms with Gasteiger partial charge in [-0.3, -0.25) is 0 Å². The number of nitrogens with one attached hydrogen (secondary N) is 1. The number of hydrogen-bond acceptors (Lipinski definition) is 4. The summed E-state index contributed by atoms with van der Waals surface area (Å²) in [5, 5.41) is 11.7. The van der Waals surface area contributed by atoms with Gasteiger partial charge in [0.25, 0.3) is 0 Å². The predicted octanol–water partition coefficient (Wildman–Crippen LogP) is 2.96. The molecule has 1 aromatic carbocycles. The van der Waals surface area contributed by atoms with E-state index in [1.54, 1.807) is 7.11 Å². The van der Waals surface area contributed by atoms with Crippen LogP contribution in [0.15, 0.2) is 24.4 Å². The Balaban J connectivity index is 2.04. The summed E-state index contributed by atoms with van der Waals surface area (Å²) in [7, 11) is 1.67. The zero-order valence-electron chi connectivity index (χ0n) is 12.8. The maximum atomic E-state index is 5.20. The topological polar surface area (TPSA) is 52.0 Å². The van der Waals surface area contributed by atoms with Gasteiger partial charge in [-0.25, -0.2) is 4.68 Å². The largest absolute Gasteiger partial charge is 0.497 e. The van der Waals surface area contributed by atoms with Crippen molar-refractivity contribution in [3.63, 3.8) is 0 Å². The number of anilines is 1. The maximum absolute atomic E-state index is 5.20. The van der Waals surface area contributed by atoms with Gasteiger partial charge in [0.05, 0.1) is 25.4 Å². The van der Waals surface area contributed by atoms with E-state index < -0.39 is 0 Å². The van der Waals surface area contributed by atoms with Gasteiger partial charge in [0.15, 0.2) is 0 Å². The van der Waals surface area contributed by atoms with E-state index in [1.807, 2.05) is 29.1 Å². The van der Waals surface area contributed by atoms with Crippen LogP contribution in [0.4, 0.5) is 5.69 Å². The Morgan fingerprint density at radius 3 is 2.60 bits per heavy atom. The molecule has 5 nitrogen and oxygen atoms in total. The van der Waals surface area contributed by atoms with Crippen molar-refractivity contribution >= 4 is 5.69 Å². The molecule has 20 heavy (non-hydrogen) atoms. The van der Waals surface area contributed by atoms with Crippen molar-refractivity contribution < 1.29 is 4.74 Å². The van der Waals surface area contributed by atoms with Gasteiger partial charge in [-0.15, -0.1) is 5.10 Å². The molecule has 1 aromatic heterocycles. The second-order valence-corrected chi connectivity index (χ2v) is 5.86. The second-order valence-electron chi connectivity index (χ2n) is 5.86. The molecule has 0 amide bonds. The molecule has 0 aliphatic rings. The number of rotatable bonds is 4. The highest BCUT2D eigenvalue weighted by atomic mass is 16.5. The highest BCUT2D eigenvalue weighted by Crippen LogP contribution is 2.21. The zero-order valence-corrected chi connectivity index (χ0v) is 12.8. The smallest absolute Gasteiger partial charge is 0.119 e. The number of aryl methyl sites for hydroxylation is 1. The van der Waals surface area contributed by atoms with Crippen LogP contribution in [0, 0.1) is 6.92 Å². The Labute approximate surface area is 120 Å². The average molecular weight is 274 g/mol. The fourth-order valence-corrected chi connectivity index (χ4v) is 1.85. The lowest BCUT2D eigenvalue weighted by atomic mass is 10.1. The molecule has 2 rings (SSSR count). The summed E-state index contributed by atoms with van der Waals surface area (Å²) in [5.74, 6) is 0.867. The third-order valence-electron chi connectivity index (χ3n) is 3.12. The summed E-state index contributed by atoms with van der Waals surface area (Å²) in [6, 6.07) is 5.97.